The largest absolute Gasteiger partial charge is 0.344 e. The Hall–Kier alpha value is -2.48. The third kappa shape index (κ3) is 4.48. The first-order valence-electron chi connectivity index (χ1n) is 9.99. The molecule has 1 N–H and O–H groups in total. The van der Waals surface area contributed by atoms with Crippen molar-refractivity contribution >= 4 is 27.3 Å². The van der Waals surface area contributed by atoms with E-state index in [4.69, 9.17) is 0 Å². The third-order valence-electron chi connectivity index (χ3n) is 5.45. The molecule has 1 amide bonds. The number of hydrogen-bond acceptors (Lipinski definition) is 4. The summed E-state index contributed by atoms with van der Waals surface area (Å²) in [6.07, 6.45) is 1.04. The maximum absolute atomic E-state index is 13.0. The van der Waals surface area contributed by atoms with Crippen LogP contribution in [-0.2, 0) is 14.8 Å². The minimum Gasteiger partial charge on any atom is -0.344 e. The Morgan fingerprint density at radius 1 is 0.933 bits per heavy atom. The highest BCUT2D eigenvalue weighted by molar-refractivity contribution is 7.89. The lowest BCUT2D eigenvalue weighted by Gasteiger charge is -2.31. The van der Waals surface area contributed by atoms with Crippen molar-refractivity contribution in [3.05, 3.63) is 88.6 Å². The summed E-state index contributed by atoms with van der Waals surface area (Å²) in [5.41, 5.74) is 1.04. The monoisotopic (exact) mass is 440 g/mol. The van der Waals surface area contributed by atoms with Crippen molar-refractivity contribution in [3.8, 4) is 0 Å². The number of amides is 1. The molecule has 0 saturated carbocycles. The molecular weight excluding hydrogens is 416 g/mol. The summed E-state index contributed by atoms with van der Waals surface area (Å²) in [5, 5.41) is 5.20. The first kappa shape index (κ1) is 20.8. The Labute approximate surface area is 181 Å². The number of sulfonamides is 1. The summed E-state index contributed by atoms with van der Waals surface area (Å²) in [6, 6.07) is 22.2. The average Bonchev–Trinajstić information content (AvgIpc) is 3.33. The lowest BCUT2D eigenvalue weighted by Crippen LogP contribution is -2.43. The fourth-order valence-electron chi connectivity index (χ4n) is 3.78. The van der Waals surface area contributed by atoms with E-state index >= 15 is 0 Å². The van der Waals surface area contributed by atoms with E-state index < -0.39 is 10.0 Å². The molecule has 0 spiro atoms. The molecule has 2 heterocycles. The molecule has 1 aliphatic heterocycles. The molecule has 0 aliphatic carbocycles. The lowest BCUT2D eigenvalue weighted by atomic mass is 9.96. The van der Waals surface area contributed by atoms with Gasteiger partial charge in [-0.25, -0.2) is 8.42 Å². The number of carbonyl (C=O) groups excluding carboxylic acids is 1. The molecule has 0 bridgehead atoms. The molecule has 1 saturated heterocycles. The number of hydrogen-bond donors (Lipinski definition) is 1. The van der Waals surface area contributed by atoms with E-state index in [9.17, 15) is 13.2 Å². The summed E-state index contributed by atoms with van der Waals surface area (Å²) in [5.74, 6) is -0.215. The quantitative estimate of drug-likeness (QED) is 0.629. The van der Waals surface area contributed by atoms with Gasteiger partial charge in [0.1, 0.15) is 0 Å². The smallest absolute Gasteiger partial charge is 0.243 e. The minimum atomic E-state index is -3.51. The topological polar surface area (TPSA) is 66.5 Å². The standard InChI is InChI=1S/C23H24N2O3S2/c26-23(24-22(21-12-7-17-29-21)18-8-3-1-4-9-18)19-13-15-25(16-14-19)30(27,28)20-10-5-2-6-11-20/h1-12,17,19,22H,13-16H2,(H,24,26)/t22-/m1/s1. The van der Waals surface area contributed by atoms with Crippen LogP contribution in [-0.4, -0.2) is 31.7 Å². The number of carbonyl (C=O) groups is 1. The Bertz CT molecular complexity index is 1060. The number of thiophene rings is 1. The van der Waals surface area contributed by atoms with E-state index in [-0.39, 0.29) is 17.9 Å². The fraction of sp³-hybridized carbons (Fsp3) is 0.261. The highest BCUT2D eigenvalue weighted by Gasteiger charge is 2.33. The van der Waals surface area contributed by atoms with E-state index in [1.165, 1.54) is 4.31 Å². The molecule has 1 atom stereocenters. The lowest BCUT2D eigenvalue weighted by molar-refractivity contribution is -0.126. The van der Waals surface area contributed by atoms with Crippen molar-refractivity contribution < 1.29 is 13.2 Å². The van der Waals surface area contributed by atoms with Crippen LogP contribution < -0.4 is 5.32 Å². The molecule has 156 valence electrons. The normalized spacial score (nSPS) is 16.8. The van der Waals surface area contributed by atoms with Crippen LogP contribution >= 0.6 is 11.3 Å². The Morgan fingerprint density at radius 3 is 2.17 bits per heavy atom. The SMILES string of the molecule is O=C(N[C@H](c1ccccc1)c1cccs1)C1CCN(S(=O)(=O)c2ccccc2)CC1. The van der Waals surface area contributed by atoms with Gasteiger partial charge in [-0.05, 0) is 42.0 Å². The second-order valence-corrected chi connectivity index (χ2v) is 10.3. The molecule has 3 aromatic rings. The van der Waals surface area contributed by atoms with Crippen molar-refractivity contribution in [1.29, 1.82) is 0 Å². The zero-order valence-corrected chi connectivity index (χ0v) is 18.1. The highest BCUT2D eigenvalue weighted by Crippen LogP contribution is 2.28. The predicted molar refractivity (Wildman–Crippen MR) is 119 cm³/mol. The number of nitrogens with one attached hydrogen (secondary N) is 1. The van der Waals surface area contributed by atoms with Crippen molar-refractivity contribution in [2.45, 2.75) is 23.8 Å². The van der Waals surface area contributed by atoms with Gasteiger partial charge >= 0.3 is 0 Å². The van der Waals surface area contributed by atoms with Gasteiger partial charge in [0.25, 0.3) is 0 Å². The maximum Gasteiger partial charge on any atom is 0.243 e. The number of benzene rings is 2. The van der Waals surface area contributed by atoms with Crippen LogP contribution in [0.5, 0.6) is 0 Å². The van der Waals surface area contributed by atoms with Crippen molar-refractivity contribution in [1.82, 2.24) is 9.62 Å². The maximum atomic E-state index is 13.0. The molecule has 1 aromatic heterocycles. The summed E-state index contributed by atoms with van der Waals surface area (Å²) in [6.45, 7) is 0.703. The summed E-state index contributed by atoms with van der Waals surface area (Å²) >= 11 is 1.61. The Morgan fingerprint density at radius 2 is 1.57 bits per heavy atom. The van der Waals surface area contributed by atoms with Gasteiger partial charge in [0.05, 0.1) is 10.9 Å². The highest BCUT2D eigenvalue weighted by atomic mass is 32.2. The van der Waals surface area contributed by atoms with Crippen LogP contribution in [0.4, 0.5) is 0 Å². The van der Waals surface area contributed by atoms with Crippen LogP contribution in [0, 0.1) is 5.92 Å². The zero-order valence-electron chi connectivity index (χ0n) is 16.5. The van der Waals surface area contributed by atoms with Gasteiger partial charge in [-0.15, -0.1) is 11.3 Å². The first-order chi connectivity index (χ1) is 14.6. The van der Waals surface area contributed by atoms with E-state index in [2.05, 4.69) is 5.32 Å². The molecule has 1 fully saturated rings. The van der Waals surface area contributed by atoms with Crippen LogP contribution in [0.25, 0.3) is 0 Å². The zero-order chi connectivity index (χ0) is 21.0. The Balaban J connectivity index is 1.43. The van der Waals surface area contributed by atoms with Crippen molar-refractivity contribution in [3.63, 3.8) is 0 Å². The van der Waals surface area contributed by atoms with Crippen LogP contribution in [0.15, 0.2) is 83.1 Å². The van der Waals surface area contributed by atoms with Gasteiger partial charge in [-0.3, -0.25) is 4.79 Å². The second kappa shape index (κ2) is 9.12. The van der Waals surface area contributed by atoms with E-state index in [0.29, 0.717) is 30.8 Å². The van der Waals surface area contributed by atoms with E-state index in [0.717, 1.165) is 10.4 Å². The van der Waals surface area contributed by atoms with E-state index in [1.807, 2.05) is 47.8 Å². The molecule has 2 aromatic carbocycles. The Kier molecular flexibility index (Phi) is 6.32. The molecule has 0 unspecified atom stereocenters. The van der Waals surface area contributed by atoms with Gasteiger partial charge < -0.3 is 5.32 Å². The van der Waals surface area contributed by atoms with Crippen LogP contribution in [0.1, 0.15) is 29.3 Å². The number of rotatable bonds is 6. The fourth-order valence-corrected chi connectivity index (χ4v) is 6.07. The number of nitrogens with zero attached hydrogens (tertiary/aromatic N) is 1. The minimum absolute atomic E-state index is 0.0194. The molecule has 5 nitrogen and oxygen atoms in total. The van der Waals surface area contributed by atoms with Gasteiger partial charge in [0.15, 0.2) is 0 Å². The van der Waals surface area contributed by atoms with Gasteiger partial charge in [0, 0.05) is 23.9 Å². The first-order valence-corrected chi connectivity index (χ1v) is 12.3. The summed E-state index contributed by atoms with van der Waals surface area (Å²) < 4.78 is 27.1. The molecule has 30 heavy (non-hydrogen) atoms. The predicted octanol–water partition coefficient (Wildman–Crippen LogP) is 4.05. The summed E-state index contributed by atoms with van der Waals surface area (Å²) in [4.78, 5) is 14.4. The van der Waals surface area contributed by atoms with Gasteiger partial charge in [-0.1, -0.05) is 54.6 Å². The molecule has 4 rings (SSSR count). The third-order valence-corrected chi connectivity index (χ3v) is 8.30. The average molecular weight is 441 g/mol. The van der Waals surface area contributed by atoms with Gasteiger partial charge in [-0.2, -0.15) is 4.31 Å². The molecule has 1 aliphatic rings. The van der Waals surface area contributed by atoms with Gasteiger partial charge in [0.2, 0.25) is 15.9 Å². The number of piperidine rings is 1. The van der Waals surface area contributed by atoms with Crippen molar-refractivity contribution in [2.24, 2.45) is 5.92 Å². The van der Waals surface area contributed by atoms with Crippen LogP contribution in [0.2, 0.25) is 0 Å². The molecule has 7 heteroatoms. The second-order valence-electron chi connectivity index (χ2n) is 7.36. The molecule has 0 radical (unpaired) electrons. The molecular formula is C23H24N2O3S2. The van der Waals surface area contributed by atoms with Crippen LogP contribution in [0.3, 0.4) is 0 Å². The summed E-state index contributed by atoms with van der Waals surface area (Å²) in [7, 11) is -3.51. The van der Waals surface area contributed by atoms with Crippen molar-refractivity contribution in [2.75, 3.05) is 13.1 Å². The van der Waals surface area contributed by atoms with E-state index in [1.54, 1.807) is 41.7 Å².